The maximum Gasteiger partial charge on any atom is 0.128 e. The van der Waals surface area contributed by atoms with E-state index < -0.39 is 0 Å². The van der Waals surface area contributed by atoms with Crippen molar-refractivity contribution in [3.63, 3.8) is 0 Å². The summed E-state index contributed by atoms with van der Waals surface area (Å²) in [6.07, 6.45) is 1.66. The number of rotatable bonds is 4. The third kappa shape index (κ3) is 3.08. The molecule has 1 unspecified atom stereocenters. The third-order valence-corrected chi connectivity index (χ3v) is 2.58. The first-order valence-corrected chi connectivity index (χ1v) is 5.57. The fourth-order valence-corrected chi connectivity index (χ4v) is 1.94. The molecular formula is C12H15BrO2. The van der Waals surface area contributed by atoms with Crippen LogP contribution in [0, 0.1) is 6.92 Å². The molecule has 1 aromatic rings. The van der Waals surface area contributed by atoms with Crippen LogP contribution in [0.5, 0.6) is 5.75 Å². The first kappa shape index (κ1) is 12.3. The van der Waals surface area contributed by atoms with Crippen LogP contribution in [0.2, 0.25) is 0 Å². The molecule has 0 fully saturated rings. The molecule has 0 heterocycles. The van der Waals surface area contributed by atoms with Crippen molar-refractivity contribution in [1.29, 1.82) is 0 Å². The van der Waals surface area contributed by atoms with Gasteiger partial charge in [0, 0.05) is 10.0 Å². The van der Waals surface area contributed by atoms with Gasteiger partial charge in [-0.25, -0.2) is 0 Å². The van der Waals surface area contributed by atoms with Crippen LogP contribution in [0.4, 0.5) is 0 Å². The Balaban J connectivity index is 3.09. The van der Waals surface area contributed by atoms with Gasteiger partial charge < -0.3 is 9.84 Å². The summed E-state index contributed by atoms with van der Waals surface area (Å²) in [4.78, 5) is 0. The Morgan fingerprint density at radius 1 is 1.60 bits per heavy atom. The zero-order valence-corrected chi connectivity index (χ0v) is 10.5. The van der Waals surface area contributed by atoms with Crippen molar-refractivity contribution < 1.29 is 9.84 Å². The van der Waals surface area contributed by atoms with Gasteiger partial charge in [0.2, 0.25) is 0 Å². The summed E-state index contributed by atoms with van der Waals surface area (Å²) in [6, 6.07) is 3.82. The largest absolute Gasteiger partial charge is 0.486 e. The fraction of sp³-hybridized carbons (Fsp3) is 0.333. The topological polar surface area (TPSA) is 29.5 Å². The first-order valence-electron chi connectivity index (χ1n) is 4.77. The summed E-state index contributed by atoms with van der Waals surface area (Å²) in [5.41, 5.74) is 1.79. The second-order valence-electron chi connectivity index (χ2n) is 3.43. The highest BCUT2D eigenvalue weighted by Gasteiger charge is 2.10. The van der Waals surface area contributed by atoms with Gasteiger partial charge in [0.15, 0.2) is 0 Å². The molecule has 0 aromatic heterocycles. The van der Waals surface area contributed by atoms with E-state index in [-0.39, 0.29) is 12.7 Å². The first-order chi connectivity index (χ1) is 7.08. The predicted molar refractivity (Wildman–Crippen MR) is 65.1 cm³/mol. The number of hydrogen-bond acceptors (Lipinski definition) is 2. The number of halogens is 1. The molecule has 1 N–H and O–H groups in total. The van der Waals surface area contributed by atoms with E-state index in [4.69, 9.17) is 4.74 Å². The molecule has 0 aliphatic rings. The summed E-state index contributed by atoms with van der Waals surface area (Å²) >= 11 is 3.38. The molecule has 1 aromatic carbocycles. The number of hydrogen-bond donors (Lipinski definition) is 1. The number of benzene rings is 1. The van der Waals surface area contributed by atoms with Gasteiger partial charge in [-0.05, 0) is 31.5 Å². The molecule has 15 heavy (non-hydrogen) atoms. The molecule has 82 valence electrons. The molecule has 2 nitrogen and oxygen atoms in total. The van der Waals surface area contributed by atoms with Crippen molar-refractivity contribution in [3.05, 3.63) is 40.4 Å². The van der Waals surface area contributed by atoms with Crippen LogP contribution in [0.15, 0.2) is 29.3 Å². The van der Waals surface area contributed by atoms with E-state index in [0.717, 1.165) is 21.3 Å². The molecule has 0 amide bonds. The van der Waals surface area contributed by atoms with Gasteiger partial charge in [-0.15, -0.1) is 0 Å². The molecular weight excluding hydrogens is 256 g/mol. The average Bonchev–Trinajstić information content (AvgIpc) is 2.21. The highest BCUT2D eigenvalue weighted by molar-refractivity contribution is 9.10. The van der Waals surface area contributed by atoms with Gasteiger partial charge in [-0.2, -0.15) is 0 Å². The zero-order valence-electron chi connectivity index (χ0n) is 8.96. The van der Waals surface area contributed by atoms with E-state index in [9.17, 15) is 5.11 Å². The normalized spacial score (nSPS) is 12.3. The Labute approximate surface area is 98.7 Å². The van der Waals surface area contributed by atoms with Crippen molar-refractivity contribution >= 4 is 15.9 Å². The summed E-state index contributed by atoms with van der Waals surface area (Å²) in [6.45, 7) is 7.50. The quantitative estimate of drug-likeness (QED) is 0.852. The maximum absolute atomic E-state index is 9.23. The Bertz CT molecular complexity index is 361. The lowest BCUT2D eigenvalue weighted by Crippen LogP contribution is -2.10. The second-order valence-corrected chi connectivity index (χ2v) is 4.34. The van der Waals surface area contributed by atoms with Gasteiger partial charge in [-0.3, -0.25) is 0 Å². The van der Waals surface area contributed by atoms with Crippen molar-refractivity contribution in [3.8, 4) is 5.75 Å². The molecule has 0 aliphatic carbocycles. The smallest absolute Gasteiger partial charge is 0.128 e. The lowest BCUT2D eigenvalue weighted by molar-refractivity contribution is 0.242. The number of aryl methyl sites for hydroxylation is 1. The maximum atomic E-state index is 9.23. The molecule has 0 radical (unpaired) electrons. The van der Waals surface area contributed by atoms with Gasteiger partial charge in [0.25, 0.3) is 0 Å². The number of aliphatic hydroxyl groups is 1. The fourth-order valence-electron chi connectivity index (χ4n) is 1.32. The van der Waals surface area contributed by atoms with E-state index in [1.165, 1.54) is 0 Å². The molecule has 0 spiro atoms. The Morgan fingerprint density at radius 3 is 2.80 bits per heavy atom. The van der Waals surface area contributed by atoms with Crippen LogP contribution in [-0.4, -0.2) is 11.2 Å². The van der Waals surface area contributed by atoms with Gasteiger partial charge >= 0.3 is 0 Å². The van der Waals surface area contributed by atoms with Crippen molar-refractivity contribution in [1.82, 2.24) is 0 Å². The van der Waals surface area contributed by atoms with Crippen molar-refractivity contribution in [2.45, 2.75) is 26.6 Å². The number of ether oxygens (including phenoxy) is 1. The standard InChI is InChI=1S/C12H15BrO2/c1-4-9(3)15-12-8(2)5-11(13)6-10(12)7-14/h4-6,9,14H,1,7H2,2-3H3. The number of aliphatic hydroxyl groups excluding tert-OH is 1. The summed E-state index contributed by atoms with van der Waals surface area (Å²) < 4.78 is 6.62. The van der Waals surface area contributed by atoms with Gasteiger partial charge in [-0.1, -0.05) is 28.6 Å². The monoisotopic (exact) mass is 270 g/mol. The van der Waals surface area contributed by atoms with Crippen LogP contribution >= 0.6 is 15.9 Å². The molecule has 3 heteroatoms. The van der Waals surface area contributed by atoms with E-state index >= 15 is 0 Å². The van der Waals surface area contributed by atoms with Crippen molar-refractivity contribution in [2.75, 3.05) is 0 Å². The second kappa shape index (κ2) is 5.33. The predicted octanol–water partition coefficient (Wildman–Crippen LogP) is 3.20. The third-order valence-electron chi connectivity index (χ3n) is 2.12. The van der Waals surface area contributed by atoms with E-state index in [0.29, 0.717) is 0 Å². The SMILES string of the molecule is C=CC(C)Oc1c(C)cc(Br)cc1CO. The minimum Gasteiger partial charge on any atom is -0.486 e. The van der Waals surface area contributed by atoms with Crippen LogP contribution < -0.4 is 4.74 Å². The molecule has 1 atom stereocenters. The minimum absolute atomic E-state index is 0.0283. The molecule has 0 aliphatic heterocycles. The van der Waals surface area contributed by atoms with E-state index in [1.807, 2.05) is 26.0 Å². The lowest BCUT2D eigenvalue weighted by atomic mass is 10.1. The van der Waals surface area contributed by atoms with E-state index in [1.54, 1.807) is 6.08 Å². The zero-order chi connectivity index (χ0) is 11.4. The Morgan fingerprint density at radius 2 is 2.27 bits per heavy atom. The van der Waals surface area contributed by atoms with Crippen LogP contribution in [0.1, 0.15) is 18.1 Å². The highest BCUT2D eigenvalue weighted by atomic mass is 79.9. The van der Waals surface area contributed by atoms with Crippen LogP contribution in [-0.2, 0) is 6.61 Å². The van der Waals surface area contributed by atoms with Crippen LogP contribution in [0.3, 0.4) is 0 Å². The average molecular weight is 271 g/mol. The molecule has 0 saturated heterocycles. The van der Waals surface area contributed by atoms with Gasteiger partial charge in [0.05, 0.1) is 6.61 Å². The lowest BCUT2D eigenvalue weighted by Gasteiger charge is -2.16. The highest BCUT2D eigenvalue weighted by Crippen LogP contribution is 2.29. The summed E-state index contributed by atoms with van der Waals surface area (Å²) in [5, 5.41) is 9.23. The van der Waals surface area contributed by atoms with Crippen LogP contribution in [0.25, 0.3) is 0 Å². The summed E-state index contributed by atoms with van der Waals surface area (Å²) in [7, 11) is 0. The van der Waals surface area contributed by atoms with E-state index in [2.05, 4.69) is 22.5 Å². The Hall–Kier alpha value is -0.800. The molecule has 0 saturated carbocycles. The Kier molecular flexibility index (Phi) is 4.36. The minimum atomic E-state index is -0.0600. The van der Waals surface area contributed by atoms with Crippen molar-refractivity contribution in [2.24, 2.45) is 0 Å². The molecule has 1 rings (SSSR count). The summed E-state index contributed by atoms with van der Waals surface area (Å²) in [5.74, 6) is 0.744. The van der Waals surface area contributed by atoms with Gasteiger partial charge in [0.1, 0.15) is 11.9 Å². The molecule has 0 bridgehead atoms.